The molecule has 0 amide bonds. The third-order valence-electron chi connectivity index (χ3n) is 3.97. The second-order valence-corrected chi connectivity index (χ2v) is 5.52. The maximum Gasteiger partial charge on any atom is 0.311 e. The first-order valence-electron chi connectivity index (χ1n) is 7.50. The van der Waals surface area contributed by atoms with Gasteiger partial charge in [0.25, 0.3) is 0 Å². The summed E-state index contributed by atoms with van der Waals surface area (Å²) in [5.41, 5.74) is 0.922. The van der Waals surface area contributed by atoms with Crippen molar-refractivity contribution in [2.24, 2.45) is 0 Å². The number of halogens is 1. The van der Waals surface area contributed by atoms with Crippen molar-refractivity contribution in [1.29, 1.82) is 0 Å². The van der Waals surface area contributed by atoms with Crippen LogP contribution in [0.25, 0.3) is 0 Å². The Hall–Kier alpha value is -2.70. The highest BCUT2D eigenvalue weighted by molar-refractivity contribution is 5.57. The minimum absolute atomic E-state index is 0.0393. The number of piperidine rings is 1. The van der Waals surface area contributed by atoms with Crippen molar-refractivity contribution >= 4 is 17.2 Å². The van der Waals surface area contributed by atoms with E-state index in [1.807, 2.05) is 4.90 Å². The fourth-order valence-electron chi connectivity index (χ4n) is 2.79. The number of rotatable bonds is 4. The Morgan fingerprint density at radius 3 is 2.57 bits per heavy atom. The normalized spacial score (nSPS) is 15.4. The van der Waals surface area contributed by atoms with E-state index in [0.29, 0.717) is 18.9 Å². The van der Waals surface area contributed by atoms with Gasteiger partial charge >= 0.3 is 5.69 Å². The van der Waals surface area contributed by atoms with Crippen LogP contribution in [0.15, 0.2) is 42.6 Å². The quantitative estimate of drug-likeness (QED) is 0.693. The Kier molecular flexibility index (Phi) is 4.36. The van der Waals surface area contributed by atoms with Crippen LogP contribution in [-0.2, 0) is 0 Å². The van der Waals surface area contributed by atoms with Gasteiger partial charge in [0.05, 0.1) is 4.92 Å². The molecule has 6 nitrogen and oxygen atoms in total. The van der Waals surface area contributed by atoms with E-state index in [9.17, 15) is 14.5 Å². The Morgan fingerprint density at radius 1 is 1.22 bits per heavy atom. The number of nitro groups is 1. The molecule has 3 rings (SSSR count). The molecule has 23 heavy (non-hydrogen) atoms. The minimum Gasteiger partial charge on any atom is -0.382 e. The van der Waals surface area contributed by atoms with Crippen molar-refractivity contribution in [2.45, 2.75) is 18.9 Å². The van der Waals surface area contributed by atoms with E-state index in [0.717, 1.165) is 18.5 Å². The standard InChI is InChI=1S/C16H17FN4O2/c17-12-3-5-13(6-4-12)19-14-7-10-20(11-8-14)16-15(21(22)23)2-1-9-18-16/h1-6,9,14,19H,7-8,10-11H2. The number of hydrogen-bond acceptors (Lipinski definition) is 5. The van der Waals surface area contributed by atoms with E-state index in [4.69, 9.17) is 0 Å². The van der Waals surface area contributed by atoms with Crippen LogP contribution in [0.1, 0.15) is 12.8 Å². The van der Waals surface area contributed by atoms with Crippen LogP contribution in [0.4, 0.5) is 21.6 Å². The lowest BCUT2D eigenvalue weighted by Crippen LogP contribution is -2.39. The van der Waals surface area contributed by atoms with Gasteiger partial charge in [-0.25, -0.2) is 9.37 Å². The second-order valence-electron chi connectivity index (χ2n) is 5.52. The average molecular weight is 316 g/mol. The Labute approximate surface area is 133 Å². The van der Waals surface area contributed by atoms with Crippen LogP contribution in [0.2, 0.25) is 0 Å². The molecule has 1 saturated heterocycles. The zero-order valence-corrected chi connectivity index (χ0v) is 12.5. The Bertz CT molecular complexity index is 685. The second kappa shape index (κ2) is 6.60. The van der Waals surface area contributed by atoms with Crippen LogP contribution < -0.4 is 10.2 Å². The summed E-state index contributed by atoms with van der Waals surface area (Å²) in [6.07, 6.45) is 3.25. The van der Waals surface area contributed by atoms with Gasteiger partial charge in [-0.2, -0.15) is 0 Å². The summed E-state index contributed by atoms with van der Waals surface area (Å²) in [5, 5.41) is 14.5. The van der Waals surface area contributed by atoms with E-state index in [2.05, 4.69) is 10.3 Å². The molecule has 0 radical (unpaired) electrons. The lowest BCUT2D eigenvalue weighted by molar-refractivity contribution is -0.384. The van der Waals surface area contributed by atoms with E-state index in [1.165, 1.54) is 18.2 Å². The van der Waals surface area contributed by atoms with Crippen LogP contribution in [0.5, 0.6) is 0 Å². The van der Waals surface area contributed by atoms with E-state index in [-0.39, 0.29) is 17.5 Å². The molecule has 0 aliphatic carbocycles. The van der Waals surface area contributed by atoms with Crippen molar-refractivity contribution in [3.05, 3.63) is 58.5 Å². The van der Waals surface area contributed by atoms with Crippen molar-refractivity contribution in [1.82, 2.24) is 4.98 Å². The predicted molar refractivity (Wildman–Crippen MR) is 86.1 cm³/mol. The maximum absolute atomic E-state index is 12.9. The number of aromatic nitrogens is 1. The Balaban J connectivity index is 1.62. The summed E-state index contributed by atoms with van der Waals surface area (Å²) in [7, 11) is 0. The third kappa shape index (κ3) is 3.56. The zero-order valence-electron chi connectivity index (χ0n) is 12.5. The van der Waals surface area contributed by atoms with Crippen molar-refractivity contribution < 1.29 is 9.31 Å². The highest BCUT2D eigenvalue weighted by Gasteiger charge is 2.25. The molecule has 0 unspecified atom stereocenters. The highest BCUT2D eigenvalue weighted by atomic mass is 19.1. The zero-order chi connectivity index (χ0) is 16.2. The molecule has 120 valence electrons. The number of pyridine rings is 1. The topological polar surface area (TPSA) is 71.3 Å². The summed E-state index contributed by atoms with van der Waals surface area (Å²) in [4.78, 5) is 16.8. The molecular weight excluding hydrogens is 299 g/mol. The van der Waals surface area contributed by atoms with Gasteiger partial charge < -0.3 is 10.2 Å². The van der Waals surface area contributed by atoms with Gasteiger partial charge in [-0.1, -0.05) is 0 Å². The van der Waals surface area contributed by atoms with Gasteiger partial charge in [0.15, 0.2) is 0 Å². The number of hydrogen-bond donors (Lipinski definition) is 1. The highest BCUT2D eigenvalue weighted by Crippen LogP contribution is 2.28. The molecular formula is C16H17FN4O2. The van der Waals surface area contributed by atoms with Gasteiger partial charge in [0, 0.05) is 37.1 Å². The van der Waals surface area contributed by atoms with Crippen LogP contribution >= 0.6 is 0 Å². The number of nitrogens with one attached hydrogen (secondary N) is 1. The van der Waals surface area contributed by atoms with Gasteiger partial charge in [-0.15, -0.1) is 0 Å². The average Bonchev–Trinajstić information content (AvgIpc) is 2.58. The molecule has 7 heteroatoms. The maximum atomic E-state index is 12.9. The summed E-state index contributed by atoms with van der Waals surface area (Å²) in [6, 6.07) is 9.59. The molecule has 2 heterocycles. The van der Waals surface area contributed by atoms with E-state index >= 15 is 0 Å². The van der Waals surface area contributed by atoms with Gasteiger partial charge in [0.1, 0.15) is 5.82 Å². The third-order valence-corrected chi connectivity index (χ3v) is 3.97. The molecule has 0 atom stereocenters. The van der Waals surface area contributed by atoms with Gasteiger partial charge in [-0.05, 0) is 43.2 Å². The van der Waals surface area contributed by atoms with Crippen molar-refractivity contribution in [3.63, 3.8) is 0 Å². The molecule has 1 aliphatic heterocycles. The first kappa shape index (κ1) is 15.2. The fourth-order valence-corrected chi connectivity index (χ4v) is 2.79. The number of benzene rings is 1. The number of nitrogens with zero attached hydrogens (tertiary/aromatic N) is 3. The fraction of sp³-hybridized carbons (Fsp3) is 0.312. The van der Waals surface area contributed by atoms with Crippen molar-refractivity contribution in [3.8, 4) is 0 Å². The summed E-state index contributed by atoms with van der Waals surface area (Å²) in [5.74, 6) is 0.172. The first-order chi connectivity index (χ1) is 11.1. The molecule has 1 fully saturated rings. The Morgan fingerprint density at radius 2 is 1.91 bits per heavy atom. The van der Waals surface area contributed by atoms with Crippen LogP contribution in [0.3, 0.4) is 0 Å². The summed E-state index contributed by atoms with van der Waals surface area (Å²) in [6.45, 7) is 1.38. The van der Waals surface area contributed by atoms with Gasteiger partial charge in [0.2, 0.25) is 5.82 Å². The molecule has 0 bridgehead atoms. The molecule has 2 aromatic rings. The molecule has 1 aromatic carbocycles. The molecule has 1 aromatic heterocycles. The lowest BCUT2D eigenvalue weighted by Gasteiger charge is -2.33. The number of anilines is 2. The van der Waals surface area contributed by atoms with E-state index < -0.39 is 4.92 Å². The first-order valence-corrected chi connectivity index (χ1v) is 7.50. The SMILES string of the molecule is O=[N+]([O-])c1cccnc1N1CCC(Nc2ccc(F)cc2)CC1. The molecule has 1 N–H and O–H groups in total. The monoisotopic (exact) mass is 316 g/mol. The van der Waals surface area contributed by atoms with Crippen LogP contribution in [-0.4, -0.2) is 29.0 Å². The summed E-state index contributed by atoms with van der Waals surface area (Å²) < 4.78 is 12.9. The largest absolute Gasteiger partial charge is 0.382 e. The smallest absolute Gasteiger partial charge is 0.311 e. The van der Waals surface area contributed by atoms with E-state index in [1.54, 1.807) is 24.4 Å². The van der Waals surface area contributed by atoms with Crippen molar-refractivity contribution in [2.75, 3.05) is 23.3 Å². The van der Waals surface area contributed by atoms with Gasteiger partial charge in [-0.3, -0.25) is 10.1 Å². The predicted octanol–water partition coefficient (Wildman–Crippen LogP) is 3.21. The minimum atomic E-state index is -0.398. The molecule has 0 saturated carbocycles. The molecule has 0 spiro atoms. The lowest BCUT2D eigenvalue weighted by atomic mass is 10.0. The van der Waals surface area contributed by atoms with Crippen LogP contribution in [0, 0.1) is 15.9 Å². The summed E-state index contributed by atoms with van der Waals surface area (Å²) >= 11 is 0. The molecule has 1 aliphatic rings.